The van der Waals surface area contributed by atoms with Crippen LogP contribution >= 0.6 is 11.6 Å². The number of nitrogens with two attached hydrogens (primary N) is 1. The second-order valence-electron chi connectivity index (χ2n) is 5.54. The molecule has 7 heteroatoms. The predicted molar refractivity (Wildman–Crippen MR) is 75.6 cm³/mol. The number of nitrogens with one attached hydrogen (secondary N) is 1. The number of nitrogens with zero attached hydrogens (tertiary/aromatic N) is 1. The zero-order chi connectivity index (χ0) is 15.5. The van der Waals surface area contributed by atoms with E-state index in [9.17, 15) is 13.2 Å². The minimum absolute atomic E-state index is 0.177. The molecule has 3 atom stereocenters. The zero-order valence-electron chi connectivity index (χ0n) is 11.5. The van der Waals surface area contributed by atoms with Crippen molar-refractivity contribution in [3.63, 3.8) is 0 Å². The van der Waals surface area contributed by atoms with Gasteiger partial charge in [0.2, 0.25) is 0 Å². The summed E-state index contributed by atoms with van der Waals surface area (Å²) in [7, 11) is 0. The second kappa shape index (κ2) is 6.94. The summed E-state index contributed by atoms with van der Waals surface area (Å²) in [6.45, 7) is 0. The summed E-state index contributed by atoms with van der Waals surface area (Å²) in [4.78, 5) is 3.88. The van der Waals surface area contributed by atoms with Gasteiger partial charge < -0.3 is 0 Å². The highest BCUT2D eigenvalue weighted by Crippen LogP contribution is 2.43. The molecule has 3 unspecified atom stereocenters. The summed E-state index contributed by atoms with van der Waals surface area (Å²) in [5.74, 6) is 3.71. The zero-order valence-corrected chi connectivity index (χ0v) is 12.3. The Morgan fingerprint density at radius 3 is 2.71 bits per heavy atom. The van der Waals surface area contributed by atoms with E-state index in [-0.39, 0.29) is 6.42 Å². The number of pyridine rings is 1. The van der Waals surface area contributed by atoms with Gasteiger partial charge in [0, 0.05) is 18.4 Å². The Kier molecular flexibility index (Phi) is 5.46. The van der Waals surface area contributed by atoms with E-state index in [1.165, 1.54) is 6.20 Å². The quantitative estimate of drug-likeness (QED) is 0.659. The third-order valence-corrected chi connectivity index (χ3v) is 4.61. The molecule has 1 aromatic heterocycles. The topological polar surface area (TPSA) is 50.9 Å². The fourth-order valence-corrected chi connectivity index (χ4v) is 3.38. The molecule has 1 aliphatic rings. The predicted octanol–water partition coefficient (Wildman–Crippen LogP) is 3.48. The van der Waals surface area contributed by atoms with Crippen molar-refractivity contribution in [1.29, 1.82) is 0 Å². The van der Waals surface area contributed by atoms with Crippen molar-refractivity contribution in [3.05, 3.63) is 29.0 Å². The maximum atomic E-state index is 13.2. The summed E-state index contributed by atoms with van der Waals surface area (Å²) in [5, 5.41) is 0.456. The molecule has 0 amide bonds. The highest BCUT2D eigenvalue weighted by atomic mass is 35.5. The van der Waals surface area contributed by atoms with Crippen LogP contribution in [-0.4, -0.2) is 17.2 Å². The first-order chi connectivity index (χ1) is 9.93. The van der Waals surface area contributed by atoms with Crippen molar-refractivity contribution in [2.75, 3.05) is 0 Å². The van der Waals surface area contributed by atoms with Crippen molar-refractivity contribution in [3.8, 4) is 0 Å². The van der Waals surface area contributed by atoms with Crippen molar-refractivity contribution in [1.82, 2.24) is 10.4 Å². The summed E-state index contributed by atoms with van der Waals surface area (Å²) in [6, 6.07) is 1.27. The second-order valence-corrected chi connectivity index (χ2v) is 5.95. The molecule has 1 saturated carbocycles. The van der Waals surface area contributed by atoms with Crippen LogP contribution in [0.15, 0.2) is 18.5 Å². The highest BCUT2D eigenvalue weighted by Gasteiger charge is 2.47. The van der Waals surface area contributed by atoms with Crippen LogP contribution in [0.5, 0.6) is 0 Å². The number of hydrazine groups is 1. The minimum atomic E-state index is -4.18. The standard InChI is InChI=1S/C14H19ClF3N3/c15-12-8-20-6-5-9(12)7-13(21-19)10-3-1-2-4-11(10)14(16,17)18/h5-6,8,10-11,13,21H,1-4,7,19H2. The van der Waals surface area contributed by atoms with E-state index in [2.05, 4.69) is 10.4 Å². The Labute approximate surface area is 127 Å². The average molecular weight is 322 g/mol. The average Bonchev–Trinajstić information content (AvgIpc) is 2.45. The van der Waals surface area contributed by atoms with Gasteiger partial charge in [-0.05, 0) is 36.8 Å². The molecule has 0 saturated heterocycles. The van der Waals surface area contributed by atoms with Gasteiger partial charge in [0.05, 0.1) is 10.9 Å². The maximum Gasteiger partial charge on any atom is 0.392 e. The Bertz CT molecular complexity index is 467. The van der Waals surface area contributed by atoms with Crippen LogP contribution in [0, 0.1) is 11.8 Å². The third kappa shape index (κ3) is 4.08. The molecule has 1 heterocycles. The Morgan fingerprint density at radius 2 is 2.10 bits per heavy atom. The van der Waals surface area contributed by atoms with E-state index in [0.717, 1.165) is 12.0 Å². The lowest BCUT2D eigenvalue weighted by Crippen LogP contribution is -2.49. The fourth-order valence-electron chi connectivity index (χ4n) is 3.19. The molecule has 0 spiro atoms. The van der Waals surface area contributed by atoms with Gasteiger partial charge in [-0.2, -0.15) is 13.2 Å². The number of alkyl halides is 3. The monoisotopic (exact) mass is 321 g/mol. The van der Waals surface area contributed by atoms with Crippen LogP contribution in [0.4, 0.5) is 13.2 Å². The van der Waals surface area contributed by atoms with Gasteiger partial charge in [0.15, 0.2) is 0 Å². The van der Waals surface area contributed by atoms with Crippen LogP contribution in [0.2, 0.25) is 5.02 Å². The van der Waals surface area contributed by atoms with Crippen LogP contribution < -0.4 is 11.3 Å². The molecule has 1 fully saturated rings. The Balaban J connectivity index is 2.17. The van der Waals surface area contributed by atoms with Gasteiger partial charge in [-0.1, -0.05) is 24.4 Å². The summed E-state index contributed by atoms with van der Waals surface area (Å²) in [5.41, 5.74) is 3.34. The van der Waals surface area contributed by atoms with Gasteiger partial charge in [-0.25, -0.2) is 0 Å². The SMILES string of the molecule is NNC(Cc1ccncc1Cl)C1CCCCC1C(F)(F)F. The first kappa shape index (κ1) is 16.5. The summed E-state index contributed by atoms with van der Waals surface area (Å²) >= 11 is 6.04. The van der Waals surface area contributed by atoms with E-state index < -0.39 is 24.1 Å². The highest BCUT2D eigenvalue weighted by molar-refractivity contribution is 6.31. The number of hydrogen-bond acceptors (Lipinski definition) is 3. The van der Waals surface area contributed by atoms with Crippen molar-refractivity contribution in [2.45, 2.75) is 44.3 Å². The molecular weight excluding hydrogens is 303 g/mol. The molecule has 1 aromatic rings. The smallest absolute Gasteiger partial charge is 0.271 e. The van der Waals surface area contributed by atoms with Crippen LogP contribution in [0.1, 0.15) is 31.2 Å². The molecule has 1 aliphatic carbocycles. The van der Waals surface area contributed by atoms with E-state index in [1.54, 1.807) is 12.3 Å². The minimum Gasteiger partial charge on any atom is -0.271 e. The molecule has 0 aliphatic heterocycles. The van der Waals surface area contributed by atoms with Crippen molar-refractivity contribution in [2.24, 2.45) is 17.7 Å². The normalized spacial score (nSPS) is 24.8. The maximum absolute atomic E-state index is 13.2. The van der Waals surface area contributed by atoms with Gasteiger partial charge in [-0.3, -0.25) is 16.3 Å². The largest absolute Gasteiger partial charge is 0.392 e. The van der Waals surface area contributed by atoms with Crippen LogP contribution in [0.25, 0.3) is 0 Å². The molecule has 0 bridgehead atoms. The Hall–Kier alpha value is -0.850. The number of halogens is 4. The summed E-state index contributed by atoms with van der Waals surface area (Å²) < 4.78 is 39.6. The van der Waals surface area contributed by atoms with Gasteiger partial charge in [-0.15, -0.1) is 0 Å². The van der Waals surface area contributed by atoms with E-state index in [0.29, 0.717) is 24.3 Å². The molecule has 0 aromatic carbocycles. The molecule has 3 N–H and O–H groups in total. The fraction of sp³-hybridized carbons (Fsp3) is 0.643. The first-order valence-electron chi connectivity index (χ1n) is 7.04. The number of hydrogen-bond donors (Lipinski definition) is 2. The lowest BCUT2D eigenvalue weighted by atomic mass is 9.73. The lowest BCUT2D eigenvalue weighted by molar-refractivity contribution is -0.199. The molecular formula is C14H19ClF3N3. The molecule has 3 nitrogen and oxygen atoms in total. The van der Waals surface area contributed by atoms with Crippen LogP contribution in [-0.2, 0) is 6.42 Å². The number of rotatable bonds is 4. The van der Waals surface area contributed by atoms with Crippen molar-refractivity contribution < 1.29 is 13.2 Å². The van der Waals surface area contributed by atoms with E-state index >= 15 is 0 Å². The van der Waals surface area contributed by atoms with Gasteiger partial charge in [0.25, 0.3) is 0 Å². The van der Waals surface area contributed by atoms with E-state index in [1.807, 2.05) is 0 Å². The van der Waals surface area contributed by atoms with Gasteiger partial charge >= 0.3 is 6.18 Å². The molecule has 21 heavy (non-hydrogen) atoms. The first-order valence-corrected chi connectivity index (χ1v) is 7.42. The van der Waals surface area contributed by atoms with Crippen LogP contribution in [0.3, 0.4) is 0 Å². The number of aromatic nitrogens is 1. The lowest BCUT2D eigenvalue weighted by Gasteiger charge is -2.38. The van der Waals surface area contributed by atoms with Gasteiger partial charge in [0.1, 0.15) is 0 Å². The third-order valence-electron chi connectivity index (χ3n) is 4.27. The summed E-state index contributed by atoms with van der Waals surface area (Å²) in [6.07, 6.45) is 1.40. The Morgan fingerprint density at radius 1 is 1.38 bits per heavy atom. The van der Waals surface area contributed by atoms with E-state index in [4.69, 9.17) is 17.4 Å². The van der Waals surface area contributed by atoms with Crippen molar-refractivity contribution >= 4 is 11.6 Å². The molecule has 2 rings (SSSR count). The molecule has 0 radical (unpaired) electrons. The molecule has 118 valence electrons.